The minimum absolute atomic E-state index is 0.0582. The fourth-order valence-corrected chi connectivity index (χ4v) is 3.93. The number of aryl methyl sites for hydroxylation is 1. The Hall–Kier alpha value is -3.04. The second kappa shape index (κ2) is 7.90. The van der Waals surface area contributed by atoms with E-state index >= 15 is 0 Å². The zero-order valence-corrected chi connectivity index (χ0v) is 18.1. The number of amidine groups is 1. The van der Waals surface area contributed by atoms with E-state index in [0.29, 0.717) is 18.8 Å². The van der Waals surface area contributed by atoms with E-state index in [-0.39, 0.29) is 24.2 Å². The van der Waals surface area contributed by atoms with E-state index in [2.05, 4.69) is 15.5 Å². The highest BCUT2D eigenvalue weighted by atomic mass is 19.1. The first kappa shape index (κ1) is 21.2. The summed E-state index contributed by atoms with van der Waals surface area (Å²) in [5.74, 6) is -0.0328. The van der Waals surface area contributed by atoms with Crippen LogP contribution in [0.3, 0.4) is 0 Å². The smallest absolute Gasteiger partial charge is 0.223 e. The fraction of sp³-hybridized carbons (Fsp3) is 0.409. The van der Waals surface area contributed by atoms with Crippen molar-refractivity contribution in [2.24, 2.45) is 12.0 Å². The van der Waals surface area contributed by atoms with Crippen molar-refractivity contribution < 1.29 is 14.3 Å². The van der Waals surface area contributed by atoms with E-state index in [1.54, 1.807) is 34.1 Å². The highest BCUT2D eigenvalue weighted by Crippen LogP contribution is 2.33. The Morgan fingerprint density at radius 1 is 1.39 bits per heavy atom. The predicted octanol–water partition coefficient (Wildman–Crippen LogP) is 2.35. The Bertz CT molecular complexity index is 1070. The summed E-state index contributed by atoms with van der Waals surface area (Å²) in [5, 5.41) is 15.9. The monoisotopic (exact) mass is 426 g/mol. The second-order valence-corrected chi connectivity index (χ2v) is 8.58. The third kappa shape index (κ3) is 3.98. The van der Waals surface area contributed by atoms with Gasteiger partial charge in [-0.1, -0.05) is 6.07 Å². The Balaban J connectivity index is 1.72. The standard InChI is InChI=1S/C22H27FN6O2/c1-14(31)28-8-7-20-17(12-28)21(26-29(20)22(2,3)13-30)25-19-6-5-15(9-18(19)23)16-10-24-27(4)11-16/h5-6,9-12,20,30H,7-8,13H2,1-4H3,(H,25,26). The molecule has 0 saturated carbocycles. The van der Waals surface area contributed by atoms with Gasteiger partial charge in [0.25, 0.3) is 0 Å². The SMILES string of the molecule is CC(=O)N1C=C2C(=Nc3ccc(-c4cnn(C)c4)cc3F)NN(C(C)(C)CO)C2CC1. The number of hydrogen-bond donors (Lipinski definition) is 2. The lowest BCUT2D eigenvalue weighted by atomic mass is 9.97. The van der Waals surface area contributed by atoms with Crippen molar-refractivity contribution in [3.8, 4) is 11.1 Å². The number of fused-ring (bicyclic) bond motifs is 1. The lowest BCUT2D eigenvalue weighted by Crippen LogP contribution is -2.55. The quantitative estimate of drug-likeness (QED) is 0.784. The summed E-state index contributed by atoms with van der Waals surface area (Å²) in [6.07, 6.45) is 5.96. The van der Waals surface area contributed by atoms with Crippen molar-refractivity contribution in [1.82, 2.24) is 25.1 Å². The molecule has 2 aliphatic heterocycles. The van der Waals surface area contributed by atoms with Crippen LogP contribution in [0.25, 0.3) is 11.1 Å². The number of amides is 1. The number of aliphatic hydroxyl groups excluding tert-OH is 1. The van der Waals surface area contributed by atoms with E-state index in [4.69, 9.17) is 0 Å². The number of carbonyl (C=O) groups is 1. The molecule has 1 aromatic heterocycles. The van der Waals surface area contributed by atoms with Gasteiger partial charge in [-0.25, -0.2) is 14.4 Å². The summed E-state index contributed by atoms with van der Waals surface area (Å²) >= 11 is 0. The van der Waals surface area contributed by atoms with Crippen LogP contribution in [-0.4, -0.2) is 61.3 Å². The zero-order chi connectivity index (χ0) is 22.3. The average Bonchev–Trinajstić information content (AvgIpc) is 3.33. The first-order chi connectivity index (χ1) is 14.7. The van der Waals surface area contributed by atoms with Crippen LogP contribution in [0.4, 0.5) is 10.1 Å². The molecule has 1 fully saturated rings. The lowest BCUT2D eigenvalue weighted by Gasteiger charge is -2.39. The molecule has 0 radical (unpaired) electrons. The van der Waals surface area contributed by atoms with Gasteiger partial charge < -0.3 is 15.4 Å². The summed E-state index contributed by atoms with van der Waals surface area (Å²) in [5.41, 5.74) is 5.22. The van der Waals surface area contributed by atoms with Crippen molar-refractivity contribution in [3.05, 3.63) is 48.2 Å². The van der Waals surface area contributed by atoms with E-state index in [1.807, 2.05) is 32.1 Å². The molecule has 2 aliphatic rings. The summed E-state index contributed by atoms with van der Waals surface area (Å²) < 4.78 is 16.6. The van der Waals surface area contributed by atoms with Gasteiger partial charge in [-0.05, 0) is 38.0 Å². The first-order valence-corrected chi connectivity index (χ1v) is 10.2. The van der Waals surface area contributed by atoms with Crippen LogP contribution in [0, 0.1) is 5.82 Å². The zero-order valence-electron chi connectivity index (χ0n) is 18.1. The number of aliphatic hydroxyl groups is 1. The Morgan fingerprint density at radius 2 is 2.16 bits per heavy atom. The number of nitrogens with one attached hydrogen (secondary N) is 1. The number of hydrogen-bond acceptors (Lipinski definition) is 5. The first-order valence-electron chi connectivity index (χ1n) is 10.2. The minimum atomic E-state index is -0.567. The van der Waals surface area contributed by atoms with Crippen molar-refractivity contribution >= 4 is 17.4 Å². The Morgan fingerprint density at radius 3 is 2.77 bits per heavy atom. The molecule has 31 heavy (non-hydrogen) atoms. The fourth-order valence-electron chi connectivity index (χ4n) is 3.93. The number of hydrazine groups is 1. The van der Waals surface area contributed by atoms with Gasteiger partial charge in [-0.15, -0.1) is 0 Å². The molecule has 0 aliphatic carbocycles. The number of halogens is 1. The molecule has 0 spiro atoms. The van der Waals surface area contributed by atoms with Crippen LogP contribution in [0.5, 0.6) is 0 Å². The van der Waals surface area contributed by atoms with Gasteiger partial charge in [0.15, 0.2) is 0 Å². The number of nitrogens with zero attached hydrogens (tertiary/aromatic N) is 5. The van der Waals surface area contributed by atoms with Crippen LogP contribution >= 0.6 is 0 Å². The molecule has 164 valence electrons. The van der Waals surface area contributed by atoms with Gasteiger partial charge in [-0.3, -0.25) is 9.48 Å². The maximum Gasteiger partial charge on any atom is 0.223 e. The molecule has 1 atom stereocenters. The van der Waals surface area contributed by atoms with Crippen LogP contribution in [-0.2, 0) is 11.8 Å². The Kier molecular flexibility index (Phi) is 5.40. The summed E-state index contributed by atoms with van der Waals surface area (Å²) in [6, 6.07) is 4.80. The molecule has 4 rings (SSSR count). The number of aliphatic imine (C=N–C) groups is 1. The highest BCUT2D eigenvalue weighted by molar-refractivity contribution is 6.03. The maximum absolute atomic E-state index is 14.9. The number of carbonyl (C=O) groups excluding carboxylic acids is 1. The van der Waals surface area contributed by atoms with Crippen molar-refractivity contribution in [2.75, 3.05) is 13.2 Å². The van der Waals surface area contributed by atoms with Crippen molar-refractivity contribution in [1.29, 1.82) is 0 Å². The molecule has 3 heterocycles. The van der Waals surface area contributed by atoms with Gasteiger partial charge in [0, 0.05) is 44.0 Å². The molecular formula is C22H27FN6O2. The van der Waals surface area contributed by atoms with Crippen molar-refractivity contribution in [2.45, 2.75) is 38.8 Å². The average molecular weight is 426 g/mol. The van der Waals surface area contributed by atoms with E-state index in [9.17, 15) is 14.3 Å². The molecular weight excluding hydrogens is 399 g/mol. The number of aromatic nitrogens is 2. The summed E-state index contributed by atoms with van der Waals surface area (Å²) in [6.45, 7) is 5.86. The van der Waals surface area contributed by atoms with Crippen LogP contribution in [0.1, 0.15) is 27.2 Å². The van der Waals surface area contributed by atoms with Crippen LogP contribution < -0.4 is 5.43 Å². The topological polar surface area (TPSA) is 86.0 Å². The number of benzene rings is 1. The van der Waals surface area contributed by atoms with E-state index < -0.39 is 11.4 Å². The molecule has 1 aromatic carbocycles. The van der Waals surface area contributed by atoms with E-state index in [0.717, 1.165) is 16.7 Å². The summed E-state index contributed by atoms with van der Waals surface area (Å²) in [4.78, 5) is 18.1. The van der Waals surface area contributed by atoms with Gasteiger partial charge in [0.1, 0.15) is 17.3 Å². The van der Waals surface area contributed by atoms with Crippen molar-refractivity contribution in [3.63, 3.8) is 0 Å². The molecule has 2 aromatic rings. The lowest BCUT2D eigenvalue weighted by molar-refractivity contribution is -0.126. The van der Waals surface area contributed by atoms with Crippen LogP contribution in [0.15, 0.2) is 47.4 Å². The molecule has 8 nitrogen and oxygen atoms in total. The number of rotatable bonds is 4. The normalized spacial score (nSPS) is 20.6. The minimum Gasteiger partial charge on any atom is -0.394 e. The molecule has 1 saturated heterocycles. The molecule has 1 unspecified atom stereocenters. The van der Waals surface area contributed by atoms with Gasteiger partial charge in [0.2, 0.25) is 5.91 Å². The summed E-state index contributed by atoms with van der Waals surface area (Å²) in [7, 11) is 1.81. The van der Waals surface area contributed by atoms with E-state index in [1.165, 1.54) is 13.0 Å². The van der Waals surface area contributed by atoms with Crippen LogP contribution in [0.2, 0.25) is 0 Å². The van der Waals surface area contributed by atoms with Gasteiger partial charge in [-0.2, -0.15) is 5.10 Å². The molecule has 9 heteroatoms. The molecule has 0 bridgehead atoms. The molecule has 2 N–H and O–H groups in total. The Labute approximate surface area is 180 Å². The molecule has 1 amide bonds. The van der Waals surface area contributed by atoms with Gasteiger partial charge >= 0.3 is 0 Å². The predicted molar refractivity (Wildman–Crippen MR) is 116 cm³/mol. The largest absolute Gasteiger partial charge is 0.394 e. The third-order valence-corrected chi connectivity index (χ3v) is 5.77. The highest BCUT2D eigenvalue weighted by Gasteiger charge is 2.44. The van der Waals surface area contributed by atoms with Gasteiger partial charge in [0.05, 0.1) is 24.4 Å². The maximum atomic E-state index is 14.9. The second-order valence-electron chi connectivity index (χ2n) is 8.58. The third-order valence-electron chi connectivity index (χ3n) is 5.77.